The molecule has 190 valence electrons. The van der Waals surface area contributed by atoms with E-state index >= 15 is 0 Å². The molecule has 1 aromatic rings. The van der Waals surface area contributed by atoms with Gasteiger partial charge in [0.15, 0.2) is 0 Å². The van der Waals surface area contributed by atoms with Crippen LogP contribution in [0.2, 0.25) is 0 Å². The van der Waals surface area contributed by atoms with E-state index in [0.717, 1.165) is 55.6 Å². The second kappa shape index (κ2) is 15.6. The molecule has 34 heavy (non-hydrogen) atoms. The van der Waals surface area contributed by atoms with E-state index < -0.39 is 0 Å². The molecule has 0 fully saturated rings. The van der Waals surface area contributed by atoms with Gasteiger partial charge in [-0.2, -0.15) is 0 Å². The maximum atomic E-state index is 11.8. The van der Waals surface area contributed by atoms with Gasteiger partial charge in [0.2, 0.25) is 6.41 Å². The number of halogens is 1. The largest absolute Gasteiger partial charge is 0.497 e. The van der Waals surface area contributed by atoms with Gasteiger partial charge < -0.3 is 14.6 Å². The standard InChI is InChI=1S/C22H28N2O2.C3H9ClN2.C2H6/c1-5-15(2)13-20-16(3)23-21-19(20)11-12-24(14-25)22(21)17-7-6-8-18(26-4)10-9-17;1-6(5)3-2-4;1-2/h5,8-10,13-14,17,22-23H,3,6-7,11-12H2,1-2,4H3;2-3,5H2,1H3;1-2H3/b15-5-,20-13+;;. The lowest BCUT2D eigenvalue weighted by atomic mass is 9.86. The average Bonchev–Trinajstić information content (AvgIpc) is 3.00. The van der Waals surface area contributed by atoms with E-state index in [-0.39, 0.29) is 12.0 Å². The van der Waals surface area contributed by atoms with E-state index in [0.29, 0.717) is 5.88 Å². The van der Waals surface area contributed by atoms with E-state index in [1.807, 2.05) is 31.7 Å². The van der Waals surface area contributed by atoms with E-state index in [4.69, 9.17) is 22.2 Å². The lowest BCUT2D eigenvalue weighted by Crippen LogP contribution is -2.39. The molecule has 7 heteroatoms. The zero-order valence-corrected chi connectivity index (χ0v) is 22.5. The van der Waals surface area contributed by atoms with Crippen LogP contribution >= 0.6 is 11.6 Å². The third-order valence-electron chi connectivity index (χ3n) is 5.93. The maximum absolute atomic E-state index is 11.8. The van der Waals surface area contributed by atoms with Gasteiger partial charge in [-0.25, -0.2) is 5.01 Å². The Labute approximate surface area is 210 Å². The first kappa shape index (κ1) is 29.8. The summed E-state index contributed by atoms with van der Waals surface area (Å²) in [6.07, 6.45) is 14.4. The van der Waals surface area contributed by atoms with Crippen molar-refractivity contribution in [1.29, 1.82) is 0 Å². The van der Waals surface area contributed by atoms with E-state index in [9.17, 15) is 4.79 Å². The predicted molar refractivity (Wildman–Crippen MR) is 145 cm³/mol. The van der Waals surface area contributed by atoms with Crippen LogP contribution in [0.3, 0.4) is 0 Å². The van der Waals surface area contributed by atoms with Crippen molar-refractivity contribution < 1.29 is 9.53 Å². The summed E-state index contributed by atoms with van der Waals surface area (Å²) in [4.78, 5) is 17.2. The average molecular weight is 491 g/mol. The van der Waals surface area contributed by atoms with Crippen LogP contribution in [-0.2, 0) is 16.0 Å². The lowest BCUT2D eigenvalue weighted by molar-refractivity contribution is -0.121. The van der Waals surface area contributed by atoms with Crippen LogP contribution in [0.15, 0.2) is 35.6 Å². The van der Waals surface area contributed by atoms with Gasteiger partial charge in [-0.1, -0.05) is 38.2 Å². The first-order chi connectivity index (χ1) is 16.4. The second-order valence-corrected chi connectivity index (χ2v) is 8.58. The molecule has 1 amide bonds. The molecule has 0 saturated heterocycles. The molecule has 3 rings (SSSR count). The van der Waals surface area contributed by atoms with E-state index in [2.05, 4.69) is 42.8 Å². The van der Waals surface area contributed by atoms with Crippen molar-refractivity contribution in [2.75, 3.05) is 33.1 Å². The minimum atomic E-state index is 0.0191. The number of rotatable bonds is 6. The molecule has 0 radical (unpaired) electrons. The summed E-state index contributed by atoms with van der Waals surface area (Å²) in [5.74, 6) is 6.89. The topological polar surface area (TPSA) is 74.6 Å². The quantitative estimate of drug-likeness (QED) is 0.275. The summed E-state index contributed by atoms with van der Waals surface area (Å²) < 4.78 is 5.37. The summed E-state index contributed by atoms with van der Waals surface area (Å²) in [6.45, 7) is 13.9. The van der Waals surface area contributed by atoms with Crippen LogP contribution < -0.4 is 16.4 Å². The zero-order valence-electron chi connectivity index (χ0n) is 21.7. The molecular weight excluding hydrogens is 448 g/mol. The van der Waals surface area contributed by atoms with Crippen LogP contribution in [0.1, 0.15) is 57.8 Å². The van der Waals surface area contributed by atoms with E-state index in [1.54, 1.807) is 19.2 Å². The molecule has 2 unspecified atom stereocenters. The third kappa shape index (κ3) is 8.19. The van der Waals surface area contributed by atoms with Crippen molar-refractivity contribution in [3.63, 3.8) is 0 Å². The minimum absolute atomic E-state index is 0.0191. The van der Waals surface area contributed by atoms with Crippen LogP contribution in [0, 0.1) is 5.92 Å². The van der Waals surface area contributed by atoms with Crippen LogP contribution in [0.4, 0.5) is 0 Å². The number of alkyl halides is 1. The molecule has 1 aromatic heterocycles. The van der Waals surface area contributed by atoms with Crippen molar-refractivity contribution in [3.05, 3.63) is 57.5 Å². The number of hydrogen-bond donors (Lipinski definition) is 2. The first-order valence-electron chi connectivity index (χ1n) is 12.1. The predicted octanol–water partition coefficient (Wildman–Crippen LogP) is 3.78. The van der Waals surface area contributed by atoms with Crippen LogP contribution in [-0.4, -0.2) is 54.4 Å². The third-order valence-corrected chi connectivity index (χ3v) is 6.10. The number of nitrogens with zero attached hydrogens (tertiary/aromatic N) is 2. The Morgan fingerprint density at radius 2 is 2.15 bits per heavy atom. The Morgan fingerprint density at radius 1 is 1.44 bits per heavy atom. The molecule has 0 bridgehead atoms. The van der Waals surface area contributed by atoms with Gasteiger partial charge in [0.25, 0.3) is 0 Å². The Hall–Kier alpha value is -2.28. The molecule has 2 aliphatic rings. The highest BCUT2D eigenvalue weighted by atomic mass is 35.5. The van der Waals surface area contributed by atoms with Gasteiger partial charge in [0.05, 0.1) is 13.2 Å². The molecule has 6 nitrogen and oxygen atoms in total. The summed E-state index contributed by atoms with van der Waals surface area (Å²) in [7, 11) is 3.47. The van der Waals surface area contributed by atoms with Gasteiger partial charge in [-0.3, -0.25) is 10.6 Å². The van der Waals surface area contributed by atoms with Crippen molar-refractivity contribution in [2.45, 2.75) is 53.0 Å². The summed E-state index contributed by atoms with van der Waals surface area (Å²) >= 11 is 5.27. The van der Waals surface area contributed by atoms with Crippen molar-refractivity contribution in [1.82, 2.24) is 14.9 Å². The highest BCUT2D eigenvalue weighted by molar-refractivity contribution is 6.18. The Morgan fingerprint density at radius 3 is 2.68 bits per heavy atom. The fourth-order valence-corrected chi connectivity index (χ4v) is 4.38. The number of nitrogens with two attached hydrogens (primary N) is 1. The summed E-state index contributed by atoms with van der Waals surface area (Å²) in [6, 6.07) is 0.0191. The lowest BCUT2D eigenvalue weighted by Gasteiger charge is -2.37. The van der Waals surface area contributed by atoms with Gasteiger partial charge >= 0.3 is 0 Å². The van der Waals surface area contributed by atoms with Crippen molar-refractivity contribution in [2.24, 2.45) is 11.8 Å². The summed E-state index contributed by atoms with van der Waals surface area (Å²) in [5, 5.41) is 3.66. The van der Waals surface area contributed by atoms with Crippen LogP contribution in [0.25, 0.3) is 12.7 Å². The number of hydrazine groups is 1. The molecule has 2 heterocycles. The number of H-pyrrole nitrogens is 1. The van der Waals surface area contributed by atoms with Gasteiger partial charge in [0, 0.05) is 48.2 Å². The number of ether oxygens (including phenoxy) is 1. The normalized spacial score (nSPS) is 20.4. The molecule has 0 aromatic carbocycles. The number of aromatic amines is 1. The SMILES string of the molecule is C=c1[nH]c2c(/c1=C/C(C)=C\C)CCN(C=O)C2C1C=CC(OC)=CCC1.CC.CN(N)CCCl. The number of aromatic nitrogens is 1. The zero-order chi connectivity index (χ0) is 25.7. The molecule has 1 aliphatic heterocycles. The number of carbonyl (C=O) groups is 1. The Bertz CT molecular complexity index is 962. The second-order valence-electron chi connectivity index (χ2n) is 8.21. The number of carbonyl (C=O) groups excluding carboxylic acids is 1. The molecule has 0 spiro atoms. The number of nitrogens with one attached hydrogen (secondary N) is 1. The van der Waals surface area contributed by atoms with Crippen molar-refractivity contribution in [3.8, 4) is 0 Å². The molecule has 3 N–H and O–H groups in total. The first-order valence-corrected chi connectivity index (χ1v) is 12.6. The molecule has 2 atom stereocenters. The van der Waals surface area contributed by atoms with Crippen LogP contribution in [0.5, 0.6) is 0 Å². The highest BCUT2D eigenvalue weighted by Gasteiger charge is 2.34. The highest BCUT2D eigenvalue weighted by Crippen LogP contribution is 2.36. The Balaban J connectivity index is 0.000000631. The van der Waals surface area contributed by atoms with Crippen molar-refractivity contribution >= 4 is 30.7 Å². The number of amides is 1. The number of hydrogen-bond acceptors (Lipinski definition) is 4. The molecule has 0 saturated carbocycles. The minimum Gasteiger partial charge on any atom is -0.497 e. The van der Waals surface area contributed by atoms with Gasteiger partial charge in [0.1, 0.15) is 5.76 Å². The molecule has 1 aliphatic carbocycles. The number of methoxy groups -OCH3 is 1. The molecular formula is C27H43ClN4O2. The maximum Gasteiger partial charge on any atom is 0.210 e. The number of fused-ring (bicyclic) bond motifs is 1. The van der Waals surface area contributed by atoms with Gasteiger partial charge in [-0.05, 0) is 56.9 Å². The fourth-order valence-electron chi connectivity index (χ4n) is 4.11. The Kier molecular flexibility index (Phi) is 13.6. The summed E-state index contributed by atoms with van der Waals surface area (Å²) in [5.41, 5.74) is 3.66. The van der Waals surface area contributed by atoms with Gasteiger partial charge in [-0.15, -0.1) is 11.6 Å². The number of allylic oxidation sites excluding steroid dienone is 4. The monoisotopic (exact) mass is 490 g/mol. The smallest absolute Gasteiger partial charge is 0.210 e. The fraction of sp³-hybridized carbons (Fsp3) is 0.519. The van der Waals surface area contributed by atoms with E-state index in [1.165, 1.54) is 16.4 Å².